The third-order valence-corrected chi connectivity index (χ3v) is 5.09. The molecule has 162 valence electrons. The van der Waals surface area contributed by atoms with Gasteiger partial charge in [0, 0.05) is 10.2 Å². The van der Waals surface area contributed by atoms with Crippen molar-refractivity contribution in [1.82, 2.24) is 5.32 Å². The van der Waals surface area contributed by atoms with Gasteiger partial charge in [0.25, 0.3) is 5.91 Å². The van der Waals surface area contributed by atoms with E-state index in [1.54, 1.807) is 12.1 Å². The maximum atomic E-state index is 12.8. The summed E-state index contributed by atoms with van der Waals surface area (Å²) in [6.45, 7) is 8.91. The lowest BCUT2D eigenvalue weighted by Crippen LogP contribution is -2.34. The number of hydrogen-bond donors (Lipinski definition) is 2. The van der Waals surface area contributed by atoms with Gasteiger partial charge in [0.2, 0.25) is 0 Å². The number of rotatable bonds is 9. The van der Waals surface area contributed by atoms with Gasteiger partial charge in [-0.3, -0.25) is 10.1 Å². The molecule has 1 atom stereocenters. The van der Waals surface area contributed by atoms with E-state index < -0.39 is 0 Å². The molecule has 2 aromatic rings. The summed E-state index contributed by atoms with van der Waals surface area (Å²) in [5.74, 6) is 1.52. The molecule has 1 unspecified atom stereocenters. The van der Waals surface area contributed by atoms with Crippen molar-refractivity contribution in [2.75, 3.05) is 11.9 Å². The molecule has 0 spiro atoms. The summed E-state index contributed by atoms with van der Waals surface area (Å²) in [6, 6.07) is 12.8. The van der Waals surface area contributed by atoms with Crippen LogP contribution in [0.3, 0.4) is 0 Å². The molecule has 0 aliphatic rings. The van der Waals surface area contributed by atoms with Crippen LogP contribution in [0.1, 0.15) is 50.9 Å². The van der Waals surface area contributed by atoms with Gasteiger partial charge in [0.15, 0.2) is 5.11 Å². The van der Waals surface area contributed by atoms with Gasteiger partial charge in [-0.1, -0.05) is 36.7 Å². The summed E-state index contributed by atoms with van der Waals surface area (Å²) in [4.78, 5) is 12.8. The lowest BCUT2D eigenvalue weighted by Gasteiger charge is -2.15. The molecule has 5 nitrogen and oxygen atoms in total. The first kappa shape index (κ1) is 24.2. The van der Waals surface area contributed by atoms with Crippen LogP contribution >= 0.6 is 28.1 Å². The highest BCUT2D eigenvalue weighted by molar-refractivity contribution is 9.10. The Bertz CT molecular complexity index is 856. The van der Waals surface area contributed by atoms with Crippen LogP contribution in [0.5, 0.6) is 11.5 Å². The van der Waals surface area contributed by atoms with E-state index in [1.807, 2.05) is 37.3 Å². The van der Waals surface area contributed by atoms with Gasteiger partial charge in [-0.25, -0.2) is 0 Å². The molecule has 7 heteroatoms. The van der Waals surface area contributed by atoms with Crippen molar-refractivity contribution in [1.29, 1.82) is 0 Å². The normalized spacial score (nSPS) is 11.7. The van der Waals surface area contributed by atoms with Crippen LogP contribution in [-0.2, 0) is 0 Å². The number of thiocarbonyl (C=S) groups is 1. The monoisotopic (exact) mass is 492 g/mol. The summed E-state index contributed by atoms with van der Waals surface area (Å²) >= 11 is 8.71. The molecule has 0 bridgehead atoms. The van der Waals surface area contributed by atoms with E-state index in [2.05, 4.69) is 47.3 Å². The molecule has 0 heterocycles. The average Bonchev–Trinajstić information content (AvgIpc) is 2.70. The summed E-state index contributed by atoms with van der Waals surface area (Å²) in [5, 5.41) is 5.95. The van der Waals surface area contributed by atoms with E-state index in [0.29, 0.717) is 23.8 Å². The molecule has 0 aliphatic heterocycles. The van der Waals surface area contributed by atoms with E-state index >= 15 is 0 Å². The second-order valence-corrected chi connectivity index (χ2v) is 8.76. The Morgan fingerprint density at radius 1 is 1.13 bits per heavy atom. The first-order chi connectivity index (χ1) is 14.3. The van der Waals surface area contributed by atoms with Gasteiger partial charge in [-0.05, 0) is 80.4 Å². The Kier molecular flexibility index (Phi) is 9.59. The number of carbonyl (C=O) groups is 1. The Labute approximate surface area is 192 Å². The summed E-state index contributed by atoms with van der Waals surface area (Å²) in [5.41, 5.74) is 1.19. The van der Waals surface area contributed by atoms with Crippen LogP contribution in [-0.4, -0.2) is 23.7 Å². The molecule has 0 radical (unpaired) electrons. The lowest BCUT2D eigenvalue weighted by molar-refractivity contribution is 0.0973. The van der Waals surface area contributed by atoms with E-state index in [-0.39, 0.29) is 17.1 Å². The SMILES string of the molecule is CCC(C)Oc1ccc(NC(=S)NC(=O)c2cc(Br)ccc2OCCC(C)C)cc1. The van der Waals surface area contributed by atoms with E-state index in [1.165, 1.54) is 0 Å². The van der Waals surface area contributed by atoms with Crippen LogP contribution < -0.4 is 20.1 Å². The third-order valence-electron chi connectivity index (χ3n) is 4.39. The summed E-state index contributed by atoms with van der Waals surface area (Å²) in [7, 11) is 0. The number of amides is 1. The van der Waals surface area contributed by atoms with Crippen LogP contribution in [0.15, 0.2) is 46.9 Å². The molecule has 2 aromatic carbocycles. The average molecular weight is 493 g/mol. The number of anilines is 1. The zero-order chi connectivity index (χ0) is 22.1. The van der Waals surface area contributed by atoms with Crippen molar-refractivity contribution < 1.29 is 14.3 Å². The maximum absolute atomic E-state index is 12.8. The van der Waals surface area contributed by atoms with Crippen LogP contribution in [0.4, 0.5) is 5.69 Å². The number of ether oxygens (including phenoxy) is 2. The number of benzene rings is 2. The van der Waals surface area contributed by atoms with E-state index in [0.717, 1.165) is 28.8 Å². The first-order valence-corrected chi connectivity index (χ1v) is 11.3. The smallest absolute Gasteiger partial charge is 0.261 e. The highest BCUT2D eigenvalue weighted by Crippen LogP contribution is 2.24. The zero-order valence-electron chi connectivity index (χ0n) is 17.8. The summed E-state index contributed by atoms with van der Waals surface area (Å²) < 4.78 is 12.4. The van der Waals surface area contributed by atoms with Gasteiger partial charge in [-0.15, -0.1) is 0 Å². The molecule has 2 N–H and O–H groups in total. The minimum Gasteiger partial charge on any atom is -0.493 e. The van der Waals surface area contributed by atoms with E-state index in [4.69, 9.17) is 21.7 Å². The van der Waals surface area contributed by atoms with Gasteiger partial charge in [0.1, 0.15) is 11.5 Å². The van der Waals surface area contributed by atoms with Crippen LogP contribution in [0.2, 0.25) is 0 Å². The Hall–Kier alpha value is -2.12. The fraction of sp³-hybridized carbons (Fsp3) is 0.391. The zero-order valence-corrected chi connectivity index (χ0v) is 20.2. The second kappa shape index (κ2) is 11.9. The molecule has 0 saturated carbocycles. The van der Waals surface area contributed by atoms with Crippen molar-refractivity contribution in [3.8, 4) is 11.5 Å². The Morgan fingerprint density at radius 3 is 2.47 bits per heavy atom. The van der Waals surface area contributed by atoms with E-state index in [9.17, 15) is 4.79 Å². The lowest BCUT2D eigenvalue weighted by atomic mass is 10.1. The highest BCUT2D eigenvalue weighted by atomic mass is 79.9. The Morgan fingerprint density at radius 2 is 1.83 bits per heavy atom. The topological polar surface area (TPSA) is 59.6 Å². The molecular formula is C23H29BrN2O3S. The minimum absolute atomic E-state index is 0.159. The molecule has 0 aromatic heterocycles. The van der Waals surface area contributed by atoms with Gasteiger partial charge >= 0.3 is 0 Å². The standard InChI is InChI=1S/C23H29BrN2O3S/c1-5-16(4)29-19-9-7-18(8-10-19)25-23(30)26-22(27)20-14-17(24)6-11-21(20)28-13-12-15(2)3/h6-11,14-16H,5,12-13H2,1-4H3,(H2,25,26,27,30). The maximum Gasteiger partial charge on any atom is 0.261 e. The predicted octanol–water partition coefficient (Wildman–Crippen LogP) is 6.18. The van der Waals surface area contributed by atoms with Crippen molar-refractivity contribution in [2.45, 2.75) is 46.6 Å². The first-order valence-electron chi connectivity index (χ1n) is 10.1. The molecule has 30 heavy (non-hydrogen) atoms. The molecule has 2 rings (SSSR count). The number of hydrogen-bond acceptors (Lipinski definition) is 4. The van der Waals surface area contributed by atoms with Crippen molar-refractivity contribution in [3.63, 3.8) is 0 Å². The fourth-order valence-corrected chi connectivity index (χ4v) is 3.05. The number of nitrogens with one attached hydrogen (secondary N) is 2. The Balaban J connectivity index is 1.98. The molecule has 1 amide bonds. The van der Waals surface area contributed by atoms with Gasteiger partial charge < -0.3 is 14.8 Å². The van der Waals surface area contributed by atoms with Crippen molar-refractivity contribution >= 4 is 44.9 Å². The third kappa shape index (κ3) is 7.95. The summed E-state index contributed by atoms with van der Waals surface area (Å²) in [6.07, 6.45) is 2.01. The molecule has 0 fully saturated rings. The number of carbonyl (C=O) groups excluding carboxylic acids is 1. The van der Waals surface area contributed by atoms with Crippen molar-refractivity contribution in [2.24, 2.45) is 5.92 Å². The van der Waals surface area contributed by atoms with Gasteiger partial charge in [-0.2, -0.15) is 0 Å². The molecule has 0 saturated heterocycles. The quantitative estimate of drug-likeness (QED) is 0.409. The second-order valence-electron chi connectivity index (χ2n) is 7.44. The van der Waals surface area contributed by atoms with Crippen molar-refractivity contribution in [3.05, 3.63) is 52.5 Å². The predicted molar refractivity (Wildman–Crippen MR) is 130 cm³/mol. The molecular weight excluding hydrogens is 464 g/mol. The fourth-order valence-electron chi connectivity index (χ4n) is 2.48. The van der Waals surface area contributed by atoms with Crippen LogP contribution in [0.25, 0.3) is 0 Å². The number of halogens is 1. The minimum atomic E-state index is -0.329. The largest absolute Gasteiger partial charge is 0.493 e. The van der Waals surface area contributed by atoms with Crippen LogP contribution in [0, 0.1) is 5.92 Å². The van der Waals surface area contributed by atoms with Gasteiger partial charge in [0.05, 0.1) is 18.3 Å². The highest BCUT2D eigenvalue weighted by Gasteiger charge is 2.15. The molecule has 0 aliphatic carbocycles.